The molecule has 2 N–H and O–H groups in total. The van der Waals surface area contributed by atoms with Crippen LogP contribution in [0.5, 0.6) is 11.5 Å². The Hall–Kier alpha value is -2.24. The molecule has 2 aliphatic rings. The van der Waals surface area contributed by atoms with Crippen molar-refractivity contribution in [3.8, 4) is 11.5 Å². The molecule has 1 saturated carbocycles. The van der Waals surface area contributed by atoms with Gasteiger partial charge in [-0.15, -0.1) is 0 Å². The quantitative estimate of drug-likeness (QED) is 0.824. The van der Waals surface area contributed by atoms with Crippen molar-refractivity contribution in [2.75, 3.05) is 19.8 Å². The van der Waals surface area contributed by atoms with E-state index in [1.165, 1.54) is 6.92 Å². The lowest BCUT2D eigenvalue weighted by atomic mass is 9.97. The second kappa shape index (κ2) is 8.23. The lowest BCUT2D eigenvalue weighted by Gasteiger charge is -2.23. The molecule has 1 fully saturated rings. The number of carbonyl (C=O) groups excluding carboxylic acids is 2. The summed E-state index contributed by atoms with van der Waals surface area (Å²) in [6.07, 6.45) is 4.97. The summed E-state index contributed by atoms with van der Waals surface area (Å²) in [5.41, 5.74) is 1.08. The fourth-order valence-corrected chi connectivity index (χ4v) is 3.59. The zero-order valence-electron chi connectivity index (χ0n) is 14.7. The first-order valence-electron chi connectivity index (χ1n) is 9.07. The van der Waals surface area contributed by atoms with E-state index in [4.69, 9.17) is 9.47 Å². The third kappa shape index (κ3) is 4.65. The van der Waals surface area contributed by atoms with Gasteiger partial charge in [0.05, 0.1) is 0 Å². The molecule has 6 heteroatoms. The number of benzene rings is 1. The van der Waals surface area contributed by atoms with E-state index in [0.717, 1.165) is 42.7 Å². The minimum absolute atomic E-state index is 0.0837. The minimum atomic E-state index is -0.416. The van der Waals surface area contributed by atoms with Crippen LogP contribution in [0.4, 0.5) is 0 Å². The molecule has 3 rings (SSSR count). The van der Waals surface area contributed by atoms with Gasteiger partial charge in [-0.1, -0.05) is 18.9 Å². The van der Waals surface area contributed by atoms with E-state index in [1.54, 1.807) is 0 Å². The van der Waals surface area contributed by atoms with Crippen LogP contribution in [0.2, 0.25) is 0 Å². The number of rotatable bonds is 6. The van der Waals surface area contributed by atoms with Crippen LogP contribution in [0.25, 0.3) is 0 Å². The zero-order valence-corrected chi connectivity index (χ0v) is 14.7. The first-order valence-corrected chi connectivity index (χ1v) is 9.07. The third-order valence-corrected chi connectivity index (χ3v) is 4.83. The van der Waals surface area contributed by atoms with Gasteiger partial charge in [-0.25, -0.2) is 0 Å². The highest BCUT2D eigenvalue weighted by atomic mass is 16.6. The highest BCUT2D eigenvalue weighted by Gasteiger charge is 2.31. The molecule has 0 saturated heterocycles. The van der Waals surface area contributed by atoms with Gasteiger partial charge in [-0.3, -0.25) is 9.59 Å². The van der Waals surface area contributed by atoms with Crippen LogP contribution in [0.15, 0.2) is 18.2 Å². The summed E-state index contributed by atoms with van der Waals surface area (Å²) in [5, 5.41) is 5.79. The maximum atomic E-state index is 12.5. The molecule has 0 aromatic heterocycles. The SMILES string of the molecule is CC(=O)N[C@H](C(=O)NCCc1ccc2c(c1)OCCO2)C1CCCC1. The smallest absolute Gasteiger partial charge is 0.242 e. The van der Waals surface area contributed by atoms with Crippen LogP contribution in [-0.4, -0.2) is 37.6 Å². The van der Waals surface area contributed by atoms with E-state index in [2.05, 4.69) is 10.6 Å². The molecule has 136 valence electrons. The lowest BCUT2D eigenvalue weighted by molar-refractivity contribution is -0.129. The number of hydrogen-bond donors (Lipinski definition) is 2. The van der Waals surface area contributed by atoms with Crippen LogP contribution in [0.3, 0.4) is 0 Å². The van der Waals surface area contributed by atoms with Crippen LogP contribution in [-0.2, 0) is 16.0 Å². The molecule has 1 atom stereocenters. The van der Waals surface area contributed by atoms with E-state index < -0.39 is 6.04 Å². The molecule has 2 amide bonds. The molecule has 1 aromatic carbocycles. The molecule has 1 aromatic rings. The summed E-state index contributed by atoms with van der Waals surface area (Å²) in [5.74, 6) is 1.54. The van der Waals surface area contributed by atoms with Crippen molar-refractivity contribution in [2.24, 2.45) is 5.92 Å². The molecule has 0 radical (unpaired) electrons. The van der Waals surface area contributed by atoms with Gasteiger partial charge < -0.3 is 20.1 Å². The second-order valence-electron chi connectivity index (χ2n) is 6.74. The molecule has 0 unspecified atom stereocenters. The van der Waals surface area contributed by atoms with Crippen molar-refractivity contribution in [2.45, 2.75) is 45.1 Å². The highest BCUT2D eigenvalue weighted by Crippen LogP contribution is 2.31. The Bertz CT molecular complexity index is 626. The Morgan fingerprint density at radius 2 is 1.88 bits per heavy atom. The predicted molar refractivity (Wildman–Crippen MR) is 93.7 cm³/mol. The van der Waals surface area contributed by atoms with Crippen molar-refractivity contribution in [1.82, 2.24) is 10.6 Å². The summed E-state index contributed by atoms with van der Waals surface area (Å²) in [6.45, 7) is 3.13. The summed E-state index contributed by atoms with van der Waals surface area (Å²) >= 11 is 0. The molecular formula is C19H26N2O4. The van der Waals surface area contributed by atoms with Crippen LogP contribution >= 0.6 is 0 Å². The monoisotopic (exact) mass is 346 g/mol. The van der Waals surface area contributed by atoms with Gasteiger partial charge >= 0.3 is 0 Å². The Morgan fingerprint density at radius 1 is 1.16 bits per heavy atom. The fourth-order valence-electron chi connectivity index (χ4n) is 3.59. The Labute approximate surface area is 148 Å². The van der Waals surface area contributed by atoms with Crippen molar-refractivity contribution < 1.29 is 19.1 Å². The van der Waals surface area contributed by atoms with Gasteiger partial charge in [-0.2, -0.15) is 0 Å². The summed E-state index contributed by atoms with van der Waals surface area (Å²) in [7, 11) is 0. The van der Waals surface area contributed by atoms with Gasteiger partial charge in [-0.05, 0) is 42.9 Å². The largest absolute Gasteiger partial charge is 0.486 e. The molecule has 6 nitrogen and oxygen atoms in total. The minimum Gasteiger partial charge on any atom is -0.486 e. The van der Waals surface area contributed by atoms with Crippen molar-refractivity contribution in [3.05, 3.63) is 23.8 Å². The van der Waals surface area contributed by atoms with Gasteiger partial charge in [0, 0.05) is 13.5 Å². The fraction of sp³-hybridized carbons (Fsp3) is 0.579. The molecule has 0 bridgehead atoms. The number of ether oxygens (including phenoxy) is 2. The number of fused-ring (bicyclic) bond motifs is 1. The van der Waals surface area contributed by atoms with Gasteiger partial charge in [0.15, 0.2) is 11.5 Å². The maximum absolute atomic E-state index is 12.5. The predicted octanol–water partition coefficient (Wildman–Crippen LogP) is 1.81. The van der Waals surface area contributed by atoms with Crippen molar-refractivity contribution in [1.29, 1.82) is 0 Å². The van der Waals surface area contributed by atoms with E-state index >= 15 is 0 Å². The average molecular weight is 346 g/mol. The topological polar surface area (TPSA) is 76.7 Å². The van der Waals surface area contributed by atoms with Crippen LogP contribution < -0.4 is 20.1 Å². The number of amides is 2. The van der Waals surface area contributed by atoms with E-state index in [1.807, 2.05) is 18.2 Å². The number of hydrogen-bond acceptors (Lipinski definition) is 4. The van der Waals surface area contributed by atoms with Crippen molar-refractivity contribution >= 4 is 11.8 Å². The summed E-state index contributed by atoms with van der Waals surface area (Å²) in [4.78, 5) is 23.9. The average Bonchev–Trinajstić information content (AvgIpc) is 3.13. The zero-order chi connectivity index (χ0) is 17.6. The van der Waals surface area contributed by atoms with Gasteiger partial charge in [0.25, 0.3) is 0 Å². The standard InChI is InChI=1S/C19H26N2O4/c1-13(22)21-18(15-4-2-3-5-15)19(23)20-9-8-14-6-7-16-17(12-14)25-11-10-24-16/h6-7,12,15,18H,2-5,8-11H2,1H3,(H,20,23)(H,21,22)/t18-/m0/s1. The Balaban J connectivity index is 1.52. The van der Waals surface area contributed by atoms with Gasteiger partial charge in [0.2, 0.25) is 11.8 Å². The lowest BCUT2D eigenvalue weighted by Crippen LogP contribution is -2.50. The van der Waals surface area contributed by atoms with E-state index in [-0.39, 0.29) is 17.7 Å². The molecule has 0 spiro atoms. The van der Waals surface area contributed by atoms with E-state index in [0.29, 0.717) is 26.2 Å². The Kier molecular flexibility index (Phi) is 5.79. The molecule has 25 heavy (non-hydrogen) atoms. The number of carbonyl (C=O) groups is 2. The van der Waals surface area contributed by atoms with Gasteiger partial charge in [0.1, 0.15) is 19.3 Å². The summed E-state index contributed by atoms with van der Waals surface area (Å²) < 4.78 is 11.1. The summed E-state index contributed by atoms with van der Waals surface area (Å²) in [6, 6.07) is 5.44. The number of nitrogens with one attached hydrogen (secondary N) is 2. The van der Waals surface area contributed by atoms with Crippen LogP contribution in [0.1, 0.15) is 38.2 Å². The second-order valence-corrected chi connectivity index (χ2v) is 6.74. The molecule has 1 aliphatic heterocycles. The van der Waals surface area contributed by atoms with Crippen molar-refractivity contribution in [3.63, 3.8) is 0 Å². The normalized spacial score (nSPS) is 17.8. The van der Waals surface area contributed by atoms with Crippen LogP contribution in [0, 0.1) is 5.92 Å². The maximum Gasteiger partial charge on any atom is 0.242 e. The molecule has 1 heterocycles. The molecular weight excluding hydrogens is 320 g/mol. The third-order valence-electron chi connectivity index (χ3n) is 4.83. The Morgan fingerprint density at radius 3 is 2.60 bits per heavy atom. The first-order chi connectivity index (χ1) is 12.1. The molecule has 1 aliphatic carbocycles. The first kappa shape index (κ1) is 17.6. The van der Waals surface area contributed by atoms with E-state index in [9.17, 15) is 9.59 Å². The highest BCUT2D eigenvalue weighted by molar-refractivity contribution is 5.87.